The van der Waals surface area contributed by atoms with Crippen LogP contribution in [0.1, 0.15) is 54.5 Å². The number of aliphatic hydroxyl groups is 1. The Balaban J connectivity index is 1.77. The molecule has 132 valence electrons. The maximum Gasteiger partial charge on any atom is 0.254 e. The van der Waals surface area contributed by atoms with E-state index in [1.807, 2.05) is 29.2 Å². The maximum absolute atomic E-state index is 12.6. The molecule has 0 saturated carbocycles. The van der Waals surface area contributed by atoms with Gasteiger partial charge in [-0.3, -0.25) is 4.79 Å². The lowest BCUT2D eigenvalue weighted by Gasteiger charge is -2.25. The van der Waals surface area contributed by atoms with Crippen LogP contribution in [0.4, 0.5) is 0 Å². The molecule has 1 N–H and O–H groups in total. The van der Waals surface area contributed by atoms with Crippen molar-refractivity contribution in [2.45, 2.75) is 45.6 Å². The first-order chi connectivity index (χ1) is 12.0. The van der Waals surface area contributed by atoms with Crippen molar-refractivity contribution < 1.29 is 14.6 Å². The Morgan fingerprint density at radius 1 is 1.20 bits per heavy atom. The van der Waals surface area contributed by atoms with Crippen molar-refractivity contribution in [1.29, 1.82) is 0 Å². The SMILES string of the molecule is CCC(CC)N1Cc2cc(OC(O)c3cccc(Br)c3)ccc2C1=O. The van der Waals surface area contributed by atoms with E-state index >= 15 is 0 Å². The predicted molar refractivity (Wildman–Crippen MR) is 100 cm³/mol. The second-order valence-electron chi connectivity index (χ2n) is 6.25. The van der Waals surface area contributed by atoms with Gasteiger partial charge in [0.1, 0.15) is 5.75 Å². The predicted octanol–water partition coefficient (Wildman–Crippen LogP) is 4.66. The van der Waals surface area contributed by atoms with E-state index < -0.39 is 6.29 Å². The van der Waals surface area contributed by atoms with Gasteiger partial charge >= 0.3 is 0 Å². The number of halogens is 1. The highest BCUT2D eigenvalue weighted by Crippen LogP contribution is 2.31. The van der Waals surface area contributed by atoms with E-state index in [4.69, 9.17) is 4.74 Å². The normalized spacial score (nSPS) is 14.8. The molecule has 1 aliphatic rings. The first-order valence-electron chi connectivity index (χ1n) is 8.57. The average molecular weight is 404 g/mol. The van der Waals surface area contributed by atoms with Crippen molar-refractivity contribution in [2.75, 3.05) is 0 Å². The maximum atomic E-state index is 12.6. The molecule has 3 rings (SSSR count). The van der Waals surface area contributed by atoms with E-state index in [0.717, 1.165) is 28.4 Å². The van der Waals surface area contributed by atoms with E-state index in [0.29, 0.717) is 17.9 Å². The minimum absolute atomic E-state index is 0.0859. The van der Waals surface area contributed by atoms with Gasteiger partial charge in [0.25, 0.3) is 5.91 Å². The quantitative estimate of drug-likeness (QED) is 0.713. The zero-order chi connectivity index (χ0) is 18.0. The van der Waals surface area contributed by atoms with Crippen LogP contribution in [0.15, 0.2) is 46.9 Å². The fraction of sp³-hybridized carbons (Fsp3) is 0.350. The van der Waals surface area contributed by atoms with Crippen LogP contribution in [0.5, 0.6) is 5.75 Å². The number of nitrogens with zero attached hydrogens (tertiary/aromatic N) is 1. The van der Waals surface area contributed by atoms with Gasteiger partial charge in [-0.05, 0) is 48.7 Å². The molecule has 1 heterocycles. The summed E-state index contributed by atoms with van der Waals surface area (Å²) in [6.45, 7) is 4.81. The van der Waals surface area contributed by atoms with Crippen LogP contribution >= 0.6 is 15.9 Å². The molecular weight excluding hydrogens is 382 g/mol. The lowest BCUT2D eigenvalue weighted by molar-refractivity contribution is -0.0195. The Bertz CT molecular complexity index is 773. The second-order valence-corrected chi connectivity index (χ2v) is 7.16. The number of benzene rings is 2. The third-order valence-corrected chi connectivity index (χ3v) is 5.17. The molecule has 0 bridgehead atoms. The summed E-state index contributed by atoms with van der Waals surface area (Å²) in [4.78, 5) is 14.5. The first-order valence-corrected chi connectivity index (χ1v) is 9.36. The molecule has 1 amide bonds. The molecule has 0 saturated heterocycles. The second kappa shape index (κ2) is 7.58. The van der Waals surface area contributed by atoms with E-state index in [2.05, 4.69) is 29.8 Å². The van der Waals surface area contributed by atoms with Crippen molar-refractivity contribution in [3.63, 3.8) is 0 Å². The Hall–Kier alpha value is -1.85. The molecule has 2 aromatic carbocycles. The van der Waals surface area contributed by atoms with Crippen LogP contribution in [0, 0.1) is 0 Å². The summed E-state index contributed by atoms with van der Waals surface area (Å²) in [5.41, 5.74) is 2.36. The highest BCUT2D eigenvalue weighted by molar-refractivity contribution is 9.10. The number of fused-ring (bicyclic) bond motifs is 1. The monoisotopic (exact) mass is 403 g/mol. The van der Waals surface area contributed by atoms with Gasteiger partial charge in [0.15, 0.2) is 0 Å². The lowest BCUT2D eigenvalue weighted by Crippen LogP contribution is -2.34. The van der Waals surface area contributed by atoms with E-state index in [9.17, 15) is 9.90 Å². The van der Waals surface area contributed by atoms with Crippen molar-refractivity contribution in [3.8, 4) is 5.75 Å². The smallest absolute Gasteiger partial charge is 0.254 e. The molecule has 0 radical (unpaired) electrons. The summed E-state index contributed by atoms with van der Waals surface area (Å²) in [5.74, 6) is 0.646. The van der Waals surface area contributed by atoms with Crippen LogP contribution in [0.25, 0.3) is 0 Å². The summed E-state index contributed by atoms with van der Waals surface area (Å²) in [7, 11) is 0. The number of carbonyl (C=O) groups is 1. The Kier molecular flexibility index (Phi) is 5.45. The van der Waals surface area contributed by atoms with Gasteiger partial charge in [-0.15, -0.1) is 0 Å². The fourth-order valence-electron chi connectivity index (χ4n) is 3.27. The fourth-order valence-corrected chi connectivity index (χ4v) is 3.69. The molecule has 0 aromatic heterocycles. The number of carbonyl (C=O) groups excluding carboxylic acids is 1. The minimum Gasteiger partial charge on any atom is -0.461 e. The highest BCUT2D eigenvalue weighted by Gasteiger charge is 2.31. The molecule has 25 heavy (non-hydrogen) atoms. The molecule has 2 aromatic rings. The number of hydrogen-bond acceptors (Lipinski definition) is 3. The van der Waals surface area contributed by atoms with Crippen molar-refractivity contribution in [2.24, 2.45) is 0 Å². The summed E-state index contributed by atoms with van der Waals surface area (Å²) < 4.78 is 6.55. The molecule has 0 fully saturated rings. The van der Waals surface area contributed by atoms with Crippen LogP contribution in [-0.4, -0.2) is 22.0 Å². The number of rotatable bonds is 6. The van der Waals surface area contributed by atoms with Crippen molar-refractivity contribution >= 4 is 21.8 Å². The Labute approximate surface area is 156 Å². The molecule has 1 unspecified atom stereocenters. The van der Waals surface area contributed by atoms with Gasteiger partial charge in [-0.1, -0.05) is 41.9 Å². The van der Waals surface area contributed by atoms with Gasteiger partial charge in [-0.25, -0.2) is 0 Å². The first kappa shape index (κ1) is 18.0. The third-order valence-electron chi connectivity index (χ3n) is 4.67. The van der Waals surface area contributed by atoms with Gasteiger partial charge < -0.3 is 14.7 Å². The number of amides is 1. The van der Waals surface area contributed by atoms with Crippen molar-refractivity contribution in [1.82, 2.24) is 4.90 Å². The van der Waals surface area contributed by atoms with E-state index in [-0.39, 0.29) is 11.9 Å². The number of hydrogen-bond donors (Lipinski definition) is 1. The zero-order valence-corrected chi connectivity index (χ0v) is 16.0. The summed E-state index contributed by atoms with van der Waals surface area (Å²) in [6, 6.07) is 13.0. The van der Waals surface area contributed by atoms with Crippen LogP contribution in [0.3, 0.4) is 0 Å². The van der Waals surface area contributed by atoms with Crippen LogP contribution in [0.2, 0.25) is 0 Å². The third kappa shape index (κ3) is 3.72. The molecule has 0 spiro atoms. The Morgan fingerprint density at radius 3 is 2.64 bits per heavy atom. The lowest BCUT2D eigenvalue weighted by atomic mass is 10.1. The molecule has 0 aliphatic carbocycles. The van der Waals surface area contributed by atoms with Crippen LogP contribution < -0.4 is 4.74 Å². The molecule has 4 nitrogen and oxygen atoms in total. The molecular formula is C20H22BrNO3. The van der Waals surface area contributed by atoms with Crippen LogP contribution in [-0.2, 0) is 6.54 Å². The number of aliphatic hydroxyl groups excluding tert-OH is 1. The summed E-state index contributed by atoms with van der Waals surface area (Å²) >= 11 is 3.39. The molecule has 1 atom stereocenters. The van der Waals surface area contributed by atoms with Gasteiger partial charge in [0.2, 0.25) is 6.29 Å². The summed E-state index contributed by atoms with van der Waals surface area (Å²) in [5, 5.41) is 10.3. The highest BCUT2D eigenvalue weighted by atomic mass is 79.9. The van der Waals surface area contributed by atoms with Gasteiger partial charge in [-0.2, -0.15) is 0 Å². The largest absolute Gasteiger partial charge is 0.461 e. The number of ether oxygens (including phenoxy) is 1. The van der Waals surface area contributed by atoms with E-state index in [1.54, 1.807) is 18.2 Å². The topological polar surface area (TPSA) is 49.8 Å². The van der Waals surface area contributed by atoms with Gasteiger partial charge in [0.05, 0.1) is 0 Å². The van der Waals surface area contributed by atoms with Gasteiger partial charge in [0, 0.05) is 28.2 Å². The minimum atomic E-state index is -1.05. The molecule has 5 heteroatoms. The van der Waals surface area contributed by atoms with E-state index in [1.165, 1.54) is 0 Å². The standard InChI is InChI=1S/C20H22BrNO3/c1-3-16(4-2)22-12-14-11-17(8-9-18(14)19(22)23)25-20(24)13-6-5-7-15(21)10-13/h5-11,16,20,24H,3-4,12H2,1-2H3. The van der Waals surface area contributed by atoms with Crippen molar-refractivity contribution in [3.05, 3.63) is 63.6 Å². The zero-order valence-electron chi connectivity index (χ0n) is 14.4. The average Bonchev–Trinajstić information content (AvgIpc) is 2.92. The summed E-state index contributed by atoms with van der Waals surface area (Å²) in [6.07, 6.45) is 0.838. The Morgan fingerprint density at radius 2 is 1.96 bits per heavy atom. The molecule has 1 aliphatic heterocycles.